The number of nitrogens with two attached hydrogens (primary N) is 1. The Morgan fingerprint density at radius 2 is 1.81 bits per heavy atom. The molecular formula is C40H59F2N7O4. The molecule has 1 saturated heterocycles. The summed E-state index contributed by atoms with van der Waals surface area (Å²) in [5, 5.41) is 5.90. The lowest BCUT2D eigenvalue weighted by Crippen LogP contribution is -2.60. The Bertz CT molecular complexity index is 1500. The minimum Gasteiger partial charge on any atom is -0.444 e. The maximum atomic E-state index is 13.9. The quantitative estimate of drug-likeness (QED) is 0.197. The van der Waals surface area contributed by atoms with Crippen LogP contribution in [-0.4, -0.2) is 101 Å². The predicted molar refractivity (Wildman–Crippen MR) is 200 cm³/mol. The van der Waals surface area contributed by atoms with Gasteiger partial charge in [-0.15, -0.1) is 0 Å². The van der Waals surface area contributed by atoms with Crippen molar-refractivity contribution in [3.05, 3.63) is 65.5 Å². The van der Waals surface area contributed by atoms with Crippen LogP contribution in [0.3, 0.4) is 0 Å². The first-order chi connectivity index (χ1) is 25.3. The molecule has 4 amide bonds. The number of amides is 4. The number of nitrogens with zero attached hydrogens (tertiary/aromatic N) is 4. The number of nitrogens with one attached hydrogen (secondary N) is 2. The SMILES string of the molecule is CC(C)(C)OC(=O)N1CCN(CC[C@@H](NC(=O)C2CCC(F)(F)CC2)c2ccccc2)CC1CN(CCCCNC(N)=O)[C@H]1CCCc2cccnc21. The molecule has 11 nitrogen and oxygen atoms in total. The first-order valence-electron chi connectivity index (χ1n) is 19.4. The number of aromatic nitrogens is 1. The van der Waals surface area contributed by atoms with E-state index >= 15 is 0 Å². The molecular weight excluding hydrogens is 680 g/mol. The average Bonchev–Trinajstić information content (AvgIpc) is 3.12. The van der Waals surface area contributed by atoms with Crippen molar-refractivity contribution in [1.82, 2.24) is 30.3 Å². The number of carbonyl (C=O) groups is 3. The summed E-state index contributed by atoms with van der Waals surface area (Å²) in [5.41, 5.74) is 7.99. The van der Waals surface area contributed by atoms with E-state index in [0.717, 1.165) is 49.9 Å². The third-order valence-electron chi connectivity index (χ3n) is 10.8. The van der Waals surface area contributed by atoms with Crippen molar-refractivity contribution in [2.24, 2.45) is 11.7 Å². The predicted octanol–water partition coefficient (Wildman–Crippen LogP) is 6.20. The smallest absolute Gasteiger partial charge is 0.410 e. The lowest BCUT2D eigenvalue weighted by molar-refractivity contribution is -0.130. The maximum absolute atomic E-state index is 13.9. The van der Waals surface area contributed by atoms with Crippen molar-refractivity contribution in [1.29, 1.82) is 0 Å². The standard InChI is InChI=1S/C40H59F2N7O4/c1-39(2,3)53-38(52)49-26-25-47(24-18-33(29-11-5-4-6-12-29)46-36(50)31-16-19-40(41,42)20-17-31)27-32(49)28-48(23-8-7-21-45-37(43)51)34-15-9-13-30-14-10-22-44-35(30)34/h4-6,10-12,14,22,31-34H,7-9,13,15-21,23-28H2,1-3H3,(H,46,50)(H3,43,45,51)/t32?,33-,34+/m1/s1. The first kappa shape index (κ1) is 40.3. The van der Waals surface area contributed by atoms with Gasteiger partial charge in [0, 0.05) is 64.2 Å². The molecule has 4 N–H and O–H groups in total. The van der Waals surface area contributed by atoms with Gasteiger partial charge in [-0.2, -0.15) is 0 Å². The fourth-order valence-electron chi connectivity index (χ4n) is 7.99. The molecule has 3 aliphatic rings. The summed E-state index contributed by atoms with van der Waals surface area (Å²) >= 11 is 0. The van der Waals surface area contributed by atoms with E-state index in [0.29, 0.717) is 45.7 Å². The topological polar surface area (TPSA) is 133 Å². The van der Waals surface area contributed by atoms with E-state index < -0.39 is 23.5 Å². The van der Waals surface area contributed by atoms with E-state index in [1.54, 1.807) is 0 Å². The van der Waals surface area contributed by atoms with E-state index in [1.165, 1.54) is 5.56 Å². The number of alkyl halides is 2. The molecule has 1 saturated carbocycles. The lowest BCUT2D eigenvalue weighted by atomic mass is 9.86. The second-order valence-corrected chi connectivity index (χ2v) is 16.0. The number of ether oxygens (including phenoxy) is 1. The van der Waals surface area contributed by atoms with Gasteiger partial charge in [-0.3, -0.25) is 19.6 Å². The minimum atomic E-state index is -2.69. The summed E-state index contributed by atoms with van der Waals surface area (Å²) in [6, 6.07) is 13.1. The molecule has 2 aliphatic carbocycles. The van der Waals surface area contributed by atoms with Crippen molar-refractivity contribution in [3.63, 3.8) is 0 Å². The Labute approximate surface area is 313 Å². The number of halogens is 2. The van der Waals surface area contributed by atoms with Crippen molar-refractivity contribution in [3.8, 4) is 0 Å². The second-order valence-electron chi connectivity index (χ2n) is 16.0. The van der Waals surface area contributed by atoms with Crippen molar-refractivity contribution >= 4 is 18.0 Å². The fourth-order valence-corrected chi connectivity index (χ4v) is 7.99. The summed E-state index contributed by atoms with van der Waals surface area (Å²) in [5.74, 6) is -3.27. The molecule has 5 rings (SSSR count). The highest BCUT2D eigenvalue weighted by atomic mass is 19.3. The molecule has 1 aliphatic heterocycles. The average molecular weight is 740 g/mol. The highest BCUT2D eigenvalue weighted by molar-refractivity contribution is 5.79. The molecule has 292 valence electrons. The number of pyridine rings is 1. The van der Waals surface area contributed by atoms with Crippen LogP contribution in [0.25, 0.3) is 0 Å². The van der Waals surface area contributed by atoms with Crippen molar-refractivity contribution in [2.45, 2.75) is 115 Å². The Balaban J connectivity index is 1.32. The Hall–Kier alpha value is -3.84. The van der Waals surface area contributed by atoms with Crippen molar-refractivity contribution in [2.75, 3.05) is 45.8 Å². The van der Waals surface area contributed by atoms with Gasteiger partial charge < -0.3 is 26.0 Å². The zero-order valence-corrected chi connectivity index (χ0v) is 31.7. The lowest BCUT2D eigenvalue weighted by Gasteiger charge is -2.45. The van der Waals surface area contributed by atoms with Crippen LogP contribution in [0.4, 0.5) is 18.4 Å². The normalized spacial score (nSPS) is 21.4. The van der Waals surface area contributed by atoms with Crippen LogP contribution < -0.4 is 16.4 Å². The molecule has 13 heteroatoms. The van der Waals surface area contributed by atoms with Gasteiger partial charge in [-0.25, -0.2) is 18.4 Å². The third kappa shape index (κ3) is 12.1. The van der Waals surface area contributed by atoms with Crippen LogP contribution in [0, 0.1) is 5.92 Å². The number of piperazine rings is 1. The number of fused-ring (bicyclic) bond motifs is 1. The number of benzene rings is 1. The zero-order chi connectivity index (χ0) is 38.0. The van der Waals surface area contributed by atoms with Gasteiger partial charge in [0.25, 0.3) is 0 Å². The van der Waals surface area contributed by atoms with Gasteiger partial charge in [0.2, 0.25) is 11.8 Å². The molecule has 3 atom stereocenters. The van der Waals surface area contributed by atoms with Gasteiger partial charge in [-0.05, 0) is 95.9 Å². The van der Waals surface area contributed by atoms with Gasteiger partial charge in [0.05, 0.1) is 23.8 Å². The molecule has 53 heavy (non-hydrogen) atoms. The third-order valence-corrected chi connectivity index (χ3v) is 10.8. The molecule has 0 spiro atoms. The summed E-state index contributed by atoms with van der Waals surface area (Å²) in [4.78, 5) is 49.9. The number of carbonyl (C=O) groups excluding carboxylic acids is 3. The fraction of sp³-hybridized carbons (Fsp3) is 0.650. The van der Waals surface area contributed by atoms with E-state index in [2.05, 4.69) is 26.5 Å². The summed E-state index contributed by atoms with van der Waals surface area (Å²) < 4.78 is 33.6. The Kier molecular flexibility index (Phi) is 14.1. The van der Waals surface area contributed by atoms with Gasteiger partial charge in [0.1, 0.15) is 5.60 Å². The highest BCUT2D eigenvalue weighted by Gasteiger charge is 2.39. The van der Waals surface area contributed by atoms with Crippen LogP contribution >= 0.6 is 0 Å². The van der Waals surface area contributed by atoms with Crippen LogP contribution in [0.5, 0.6) is 0 Å². The zero-order valence-electron chi connectivity index (χ0n) is 31.7. The van der Waals surface area contributed by atoms with Crippen LogP contribution in [-0.2, 0) is 16.0 Å². The van der Waals surface area contributed by atoms with E-state index in [9.17, 15) is 23.2 Å². The number of unbranched alkanes of at least 4 members (excludes halogenated alkanes) is 1. The number of hydrogen-bond acceptors (Lipinski definition) is 7. The van der Waals surface area contributed by atoms with Crippen LogP contribution in [0.15, 0.2) is 48.7 Å². The number of hydrogen-bond donors (Lipinski definition) is 3. The summed E-state index contributed by atoms with van der Waals surface area (Å²) in [6.45, 7) is 9.94. The number of urea groups is 1. The largest absolute Gasteiger partial charge is 0.444 e. The number of aryl methyl sites for hydroxylation is 1. The second kappa shape index (κ2) is 18.5. The molecule has 2 heterocycles. The monoisotopic (exact) mass is 739 g/mol. The maximum Gasteiger partial charge on any atom is 0.410 e. The van der Waals surface area contributed by atoms with E-state index in [-0.39, 0.29) is 55.8 Å². The molecule has 2 aromatic rings. The molecule has 0 bridgehead atoms. The summed E-state index contributed by atoms with van der Waals surface area (Å²) in [7, 11) is 0. The van der Waals surface area contributed by atoms with Crippen LogP contribution in [0.1, 0.15) is 107 Å². The molecule has 1 aromatic heterocycles. The molecule has 1 aromatic carbocycles. The minimum absolute atomic E-state index is 0.0947. The number of rotatable bonds is 14. The van der Waals surface area contributed by atoms with Crippen molar-refractivity contribution < 1.29 is 27.9 Å². The van der Waals surface area contributed by atoms with Crippen LogP contribution in [0.2, 0.25) is 0 Å². The van der Waals surface area contributed by atoms with E-state index in [4.69, 9.17) is 15.5 Å². The molecule has 2 fully saturated rings. The van der Waals surface area contributed by atoms with Gasteiger partial charge in [-0.1, -0.05) is 36.4 Å². The Morgan fingerprint density at radius 3 is 2.53 bits per heavy atom. The molecule has 1 unspecified atom stereocenters. The first-order valence-corrected chi connectivity index (χ1v) is 19.4. The highest BCUT2D eigenvalue weighted by Crippen LogP contribution is 2.37. The Morgan fingerprint density at radius 1 is 1.06 bits per heavy atom. The van der Waals surface area contributed by atoms with Gasteiger partial charge >= 0.3 is 12.1 Å². The van der Waals surface area contributed by atoms with E-state index in [1.807, 2.05) is 68.3 Å². The summed E-state index contributed by atoms with van der Waals surface area (Å²) in [6.07, 6.45) is 6.62. The number of primary amides is 1. The molecule has 0 radical (unpaired) electrons. The van der Waals surface area contributed by atoms with Gasteiger partial charge in [0.15, 0.2) is 0 Å².